The molecule has 0 spiro atoms. The standard InChI is InChI=1S/C28H31ClN6O2.2C2HF3O2/c1-17(22-12-31-23-7-5-4-6-21(22)23)26(33-27(36)24-13-30-16-32-24)28(37)35-15-18(14-34(2)3)10-19-11-20(29)8-9-25(19)35;2*3-2(4,5)1(6)7/h4-9,11-13,16-18,26,31H,10,14-15H2,1-3H3,(H,30,32)(H,33,36);2*(H,6,7)/t17?,18-,26?;;/m1../s1. The van der Waals surface area contributed by atoms with Crippen molar-refractivity contribution in [2.75, 3.05) is 32.1 Å². The topological polar surface area (TPSA) is 172 Å². The van der Waals surface area contributed by atoms with Crippen molar-refractivity contribution in [3.8, 4) is 0 Å². The summed E-state index contributed by atoms with van der Waals surface area (Å²) in [5.74, 6) is -6.15. The molecular weight excluding hydrogens is 714 g/mol. The molecule has 4 aromatic rings. The van der Waals surface area contributed by atoms with Crippen LogP contribution in [-0.2, 0) is 20.8 Å². The van der Waals surface area contributed by atoms with E-state index in [9.17, 15) is 35.9 Å². The van der Waals surface area contributed by atoms with Crippen molar-refractivity contribution in [1.82, 2.24) is 25.2 Å². The van der Waals surface area contributed by atoms with Crippen LogP contribution in [0.4, 0.5) is 32.0 Å². The van der Waals surface area contributed by atoms with Gasteiger partial charge in [-0.1, -0.05) is 36.7 Å². The molecule has 0 saturated heterocycles. The number of anilines is 1. The van der Waals surface area contributed by atoms with Gasteiger partial charge in [0.05, 0.1) is 6.33 Å². The van der Waals surface area contributed by atoms with E-state index >= 15 is 0 Å². The number of hydrogen-bond acceptors (Lipinski definition) is 6. The molecular formula is C32H33ClF6N6O6. The highest BCUT2D eigenvalue weighted by molar-refractivity contribution is 6.30. The SMILES string of the molecule is CC(c1c[nH]c2ccccc12)C(NC(=O)c1c[nH]cn1)C(=O)N1C[C@@H](CN(C)C)Cc2cc(Cl)ccc21.O=C(O)C(F)(F)F.O=C(O)C(F)(F)F. The van der Waals surface area contributed by atoms with Gasteiger partial charge in [-0.25, -0.2) is 14.6 Å². The summed E-state index contributed by atoms with van der Waals surface area (Å²) < 4.78 is 63.5. The summed E-state index contributed by atoms with van der Waals surface area (Å²) in [5.41, 5.74) is 4.07. The normalized spacial score (nSPS) is 15.4. The van der Waals surface area contributed by atoms with Crippen LogP contribution >= 0.6 is 11.6 Å². The number of alkyl halides is 6. The summed E-state index contributed by atoms with van der Waals surface area (Å²) in [6, 6.07) is 12.8. The van der Waals surface area contributed by atoms with Crippen molar-refractivity contribution in [2.45, 2.75) is 37.7 Å². The van der Waals surface area contributed by atoms with E-state index in [4.69, 9.17) is 31.4 Å². The van der Waals surface area contributed by atoms with Crippen molar-refractivity contribution in [2.24, 2.45) is 5.92 Å². The molecule has 2 aromatic carbocycles. The number of fused-ring (bicyclic) bond motifs is 2. The van der Waals surface area contributed by atoms with E-state index in [1.165, 1.54) is 12.5 Å². The number of carboxylic acids is 2. The smallest absolute Gasteiger partial charge is 0.475 e. The number of halogens is 7. The fourth-order valence-corrected chi connectivity index (χ4v) is 5.57. The number of nitrogens with zero attached hydrogens (tertiary/aromatic N) is 3. The summed E-state index contributed by atoms with van der Waals surface area (Å²) in [5, 5.41) is 18.9. The van der Waals surface area contributed by atoms with Gasteiger partial charge in [0.2, 0.25) is 5.91 Å². The molecule has 1 aliphatic rings. The number of carboxylic acid groups (broad SMARTS) is 2. The van der Waals surface area contributed by atoms with Crippen molar-refractivity contribution in [3.05, 3.63) is 83.0 Å². The first-order valence-electron chi connectivity index (χ1n) is 14.9. The lowest BCUT2D eigenvalue weighted by molar-refractivity contribution is -0.193. The molecule has 2 amide bonds. The predicted octanol–water partition coefficient (Wildman–Crippen LogP) is 5.48. The molecule has 0 saturated carbocycles. The van der Waals surface area contributed by atoms with Crippen molar-refractivity contribution in [3.63, 3.8) is 0 Å². The van der Waals surface area contributed by atoms with Gasteiger partial charge in [0.25, 0.3) is 5.91 Å². The number of carbonyl (C=O) groups excluding carboxylic acids is 2. The van der Waals surface area contributed by atoms with Crippen LogP contribution in [0.1, 0.15) is 34.5 Å². The fraction of sp³-hybridized carbons (Fsp3) is 0.344. The Morgan fingerprint density at radius 1 is 1.02 bits per heavy atom. The first-order valence-corrected chi connectivity index (χ1v) is 15.3. The molecule has 0 bridgehead atoms. The van der Waals surface area contributed by atoms with Gasteiger partial charge < -0.3 is 35.3 Å². The number of benzene rings is 2. The Morgan fingerprint density at radius 2 is 1.63 bits per heavy atom. The van der Waals surface area contributed by atoms with Gasteiger partial charge in [0.1, 0.15) is 11.7 Å². The number of amides is 2. The zero-order chi connectivity index (χ0) is 38.3. The van der Waals surface area contributed by atoms with Crippen molar-refractivity contribution >= 4 is 51.9 Å². The molecule has 3 heterocycles. The molecule has 1 aliphatic heterocycles. The molecule has 5 N–H and O–H groups in total. The van der Waals surface area contributed by atoms with E-state index in [2.05, 4.69) is 25.2 Å². The Balaban J connectivity index is 0.000000424. The van der Waals surface area contributed by atoms with E-state index in [-0.39, 0.29) is 23.4 Å². The van der Waals surface area contributed by atoms with Crippen molar-refractivity contribution in [1.29, 1.82) is 0 Å². The number of aliphatic carboxylic acids is 2. The largest absolute Gasteiger partial charge is 0.490 e. The third kappa shape index (κ3) is 10.9. The second-order valence-corrected chi connectivity index (χ2v) is 12.1. The molecule has 2 unspecified atom stereocenters. The molecule has 0 fully saturated rings. The highest BCUT2D eigenvalue weighted by Crippen LogP contribution is 2.35. The first kappa shape index (κ1) is 40.3. The van der Waals surface area contributed by atoms with Crippen LogP contribution in [0.5, 0.6) is 0 Å². The zero-order valence-corrected chi connectivity index (χ0v) is 27.9. The number of aromatic nitrogens is 3. The van der Waals surface area contributed by atoms with Crippen LogP contribution in [0.3, 0.4) is 0 Å². The van der Waals surface area contributed by atoms with E-state index in [0.29, 0.717) is 11.6 Å². The number of H-pyrrole nitrogens is 2. The van der Waals surface area contributed by atoms with Crippen LogP contribution in [0.15, 0.2) is 61.2 Å². The average Bonchev–Trinajstić information content (AvgIpc) is 3.73. The molecule has 0 radical (unpaired) electrons. The minimum Gasteiger partial charge on any atom is -0.475 e. The van der Waals surface area contributed by atoms with Gasteiger partial charge in [0.15, 0.2) is 0 Å². The number of para-hydroxylation sites is 1. The summed E-state index contributed by atoms with van der Waals surface area (Å²) in [6.45, 7) is 3.37. The molecule has 2 aromatic heterocycles. The maximum Gasteiger partial charge on any atom is 0.490 e. The van der Waals surface area contributed by atoms with Gasteiger partial charge in [-0.3, -0.25) is 9.59 Å². The number of carbonyl (C=O) groups is 4. The molecule has 19 heteroatoms. The Hall–Kier alpha value is -5.10. The molecule has 0 aliphatic carbocycles. The van der Waals surface area contributed by atoms with Gasteiger partial charge in [-0.2, -0.15) is 26.3 Å². The van der Waals surface area contributed by atoms with Crippen LogP contribution in [0.25, 0.3) is 10.9 Å². The Kier molecular flexibility index (Phi) is 13.2. The molecule has 5 rings (SSSR count). The number of aromatic amines is 2. The Labute approximate surface area is 291 Å². The Bertz CT molecular complexity index is 1810. The summed E-state index contributed by atoms with van der Waals surface area (Å²) in [4.78, 5) is 59.5. The highest BCUT2D eigenvalue weighted by Gasteiger charge is 2.39. The quantitative estimate of drug-likeness (QED) is 0.155. The van der Waals surface area contributed by atoms with Crippen LogP contribution in [0, 0.1) is 5.92 Å². The third-order valence-corrected chi connectivity index (χ3v) is 7.79. The van der Waals surface area contributed by atoms with Crippen LogP contribution in [-0.4, -0.2) is 99.4 Å². The van der Waals surface area contributed by atoms with Gasteiger partial charge in [0, 0.05) is 53.0 Å². The maximum atomic E-state index is 14.4. The molecule has 12 nitrogen and oxygen atoms in total. The molecule has 3 atom stereocenters. The fourth-order valence-electron chi connectivity index (χ4n) is 5.38. The summed E-state index contributed by atoms with van der Waals surface area (Å²) in [7, 11) is 4.07. The van der Waals surface area contributed by atoms with Gasteiger partial charge in [-0.05, 0) is 61.8 Å². The van der Waals surface area contributed by atoms with Gasteiger partial charge >= 0.3 is 24.3 Å². The lowest BCUT2D eigenvalue weighted by Gasteiger charge is -2.38. The second-order valence-electron chi connectivity index (χ2n) is 11.6. The van der Waals surface area contributed by atoms with E-state index in [1.807, 2.05) is 74.6 Å². The monoisotopic (exact) mass is 746 g/mol. The number of hydrogen-bond donors (Lipinski definition) is 5. The number of imidazole rings is 1. The first-order chi connectivity index (χ1) is 23.7. The number of rotatable bonds is 7. The van der Waals surface area contributed by atoms with Crippen LogP contribution in [0.2, 0.25) is 5.02 Å². The van der Waals surface area contributed by atoms with E-state index < -0.39 is 36.2 Å². The van der Waals surface area contributed by atoms with E-state index in [1.54, 1.807) is 0 Å². The Morgan fingerprint density at radius 3 is 2.18 bits per heavy atom. The van der Waals surface area contributed by atoms with E-state index in [0.717, 1.165) is 40.7 Å². The molecule has 276 valence electrons. The summed E-state index contributed by atoms with van der Waals surface area (Å²) >= 11 is 6.34. The third-order valence-electron chi connectivity index (χ3n) is 7.55. The lowest BCUT2D eigenvalue weighted by Crippen LogP contribution is -2.54. The highest BCUT2D eigenvalue weighted by atomic mass is 35.5. The zero-order valence-electron chi connectivity index (χ0n) is 27.1. The molecule has 51 heavy (non-hydrogen) atoms. The number of nitrogens with one attached hydrogen (secondary N) is 3. The minimum atomic E-state index is -5.08. The minimum absolute atomic E-state index is 0.159. The lowest BCUT2D eigenvalue weighted by atomic mass is 9.88. The average molecular weight is 747 g/mol. The second kappa shape index (κ2) is 16.7. The predicted molar refractivity (Wildman–Crippen MR) is 173 cm³/mol. The maximum absolute atomic E-state index is 14.4. The summed E-state index contributed by atoms with van der Waals surface area (Å²) in [6.07, 6.45) is -4.43. The van der Waals surface area contributed by atoms with Gasteiger partial charge in [-0.15, -0.1) is 0 Å². The van der Waals surface area contributed by atoms with Crippen molar-refractivity contribution < 1.29 is 55.7 Å². The van der Waals surface area contributed by atoms with Crippen LogP contribution < -0.4 is 10.2 Å².